The van der Waals surface area contributed by atoms with Crippen molar-refractivity contribution >= 4 is 5.69 Å². The Morgan fingerprint density at radius 1 is 1.22 bits per heavy atom. The van der Waals surface area contributed by atoms with Gasteiger partial charge in [0.15, 0.2) is 0 Å². The summed E-state index contributed by atoms with van der Waals surface area (Å²) in [6.07, 6.45) is 5.52. The molecule has 18 heavy (non-hydrogen) atoms. The van der Waals surface area contributed by atoms with E-state index in [1.807, 2.05) is 12.3 Å². The molecule has 0 aliphatic rings. The third kappa shape index (κ3) is 5.50. The SMILES string of the molecule is CCCNCc1cc(NCC(CC)CC)ccn1. The number of nitrogens with zero attached hydrogens (tertiary/aromatic N) is 1. The molecule has 1 rings (SSSR count). The highest BCUT2D eigenvalue weighted by Crippen LogP contribution is 2.12. The van der Waals surface area contributed by atoms with Gasteiger partial charge in [-0.3, -0.25) is 4.98 Å². The van der Waals surface area contributed by atoms with Gasteiger partial charge in [-0.1, -0.05) is 33.6 Å². The lowest BCUT2D eigenvalue weighted by Gasteiger charge is -2.14. The Morgan fingerprint density at radius 3 is 2.67 bits per heavy atom. The summed E-state index contributed by atoms with van der Waals surface area (Å²) in [4.78, 5) is 4.38. The lowest BCUT2D eigenvalue weighted by molar-refractivity contribution is 0.519. The van der Waals surface area contributed by atoms with E-state index < -0.39 is 0 Å². The first-order chi connectivity index (χ1) is 8.80. The van der Waals surface area contributed by atoms with Crippen molar-refractivity contribution in [1.82, 2.24) is 10.3 Å². The van der Waals surface area contributed by atoms with Gasteiger partial charge in [0, 0.05) is 25.0 Å². The van der Waals surface area contributed by atoms with Crippen LogP contribution in [0.25, 0.3) is 0 Å². The van der Waals surface area contributed by atoms with Crippen molar-refractivity contribution < 1.29 is 0 Å². The van der Waals surface area contributed by atoms with Gasteiger partial charge in [0.05, 0.1) is 5.69 Å². The van der Waals surface area contributed by atoms with E-state index in [0.717, 1.165) is 37.7 Å². The topological polar surface area (TPSA) is 37.0 Å². The molecular weight excluding hydrogens is 222 g/mol. The molecule has 102 valence electrons. The summed E-state index contributed by atoms with van der Waals surface area (Å²) in [5.74, 6) is 0.764. The van der Waals surface area contributed by atoms with Crippen molar-refractivity contribution in [3.8, 4) is 0 Å². The van der Waals surface area contributed by atoms with E-state index in [0.29, 0.717) is 0 Å². The molecule has 1 heterocycles. The van der Waals surface area contributed by atoms with Crippen molar-refractivity contribution in [1.29, 1.82) is 0 Å². The van der Waals surface area contributed by atoms with Gasteiger partial charge in [0.2, 0.25) is 0 Å². The van der Waals surface area contributed by atoms with Gasteiger partial charge in [-0.25, -0.2) is 0 Å². The predicted octanol–water partition coefficient (Wildman–Crippen LogP) is 3.43. The highest BCUT2D eigenvalue weighted by molar-refractivity contribution is 5.43. The second kappa shape index (κ2) is 8.92. The number of rotatable bonds is 9. The molecule has 3 heteroatoms. The Hall–Kier alpha value is -1.09. The number of aromatic nitrogens is 1. The minimum absolute atomic E-state index is 0.764. The van der Waals surface area contributed by atoms with Crippen LogP contribution in [-0.2, 0) is 6.54 Å². The maximum Gasteiger partial charge on any atom is 0.0562 e. The summed E-state index contributed by atoms with van der Waals surface area (Å²) in [6, 6.07) is 4.19. The van der Waals surface area contributed by atoms with Crippen LogP contribution in [0, 0.1) is 5.92 Å². The summed E-state index contributed by atoms with van der Waals surface area (Å²) in [7, 11) is 0. The van der Waals surface area contributed by atoms with Gasteiger partial charge in [0.25, 0.3) is 0 Å². The van der Waals surface area contributed by atoms with Gasteiger partial charge >= 0.3 is 0 Å². The Balaban J connectivity index is 2.43. The van der Waals surface area contributed by atoms with E-state index >= 15 is 0 Å². The third-order valence-corrected chi connectivity index (χ3v) is 3.30. The fourth-order valence-electron chi connectivity index (χ4n) is 1.92. The van der Waals surface area contributed by atoms with Crippen molar-refractivity contribution in [3.63, 3.8) is 0 Å². The van der Waals surface area contributed by atoms with Crippen LogP contribution in [0.5, 0.6) is 0 Å². The van der Waals surface area contributed by atoms with Gasteiger partial charge in [0.1, 0.15) is 0 Å². The lowest BCUT2D eigenvalue weighted by Crippen LogP contribution is -2.16. The van der Waals surface area contributed by atoms with E-state index in [1.54, 1.807) is 0 Å². The Kier molecular flexibility index (Phi) is 7.42. The van der Waals surface area contributed by atoms with E-state index in [4.69, 9.17) is 0 Å². The highest BCUT2D eigenvalue weighted by Gasteiger charge is 2.03. The molecule has 0 atom stereocenters. The van der Waals surface area contributed by atoms with Crippen molar-refractivity contribution in [2.24, 2.45) is 5.92 Å². The normalized spacial score (nSPS) is 10.9. The van der Waals surface area contributed by atoms with Crippen LogP contribution in [0.15, 0.2) is 18.3 Å². The van der Waals surface area contributed by atoms with Gasteiger partial charge < -0.3 is 10.6 Å². The second-order valence-electron chi connectivity index (χ2n) is 4.78. The molecule has 0 amide bonds. The van der Waals surface area contributed by atoms with E-state index in [1.165, 1.54) is 18.5 Å². The molecule has 0 saturated heterocycles. The molecule has 0 fully saturated rings. The molecule has 1 aromatic heterocycles. The summed E-state index contributed by atoms with van der Waals surface area (Å²) in [5, 5.41) is 6.89. The molecule has 0 spiro atoms. The number of pyridine rings is 1. The van der Waals surface area contributed by atoms with Crippen LogP contribution in [-0.4, -0.2) is 18.1 Å². The summed E-state index contributed by atoms with van der Waals surface area (Å²) < 4.78 is 0. The van der Waals surface area contributed by atoms with Crippen molar-refractivity contribution in [2.75, 3.05) is 18.4 Å². The van der Waals surface area contributed by atoms with Crippen LogP contribution in [0.1, 0.15) is 45.7 Å². The quantitative estimate of drug-likeness (QED) is 0.658. The van der Waals surface area contributed by atoms with Gasteiger partial charge in [-0.15, -0.1) is 0 Å². The molecule has 0 aliphatic heterocycles. The smallest absolute Gasteiger partial charge is 0.0562 e. The molecule has 1 aromatic rings. The van der Waals surface area contributed by atoms with Crippen molar-refractivity contribution in [2.45, 2.75) is 46.6 Å². The largest absolute Gasteiger partial charge is 0.385 e. The monoisotopic (exact) mass is 249 g/mol. The minimum Gasteiger partial charge on any atom is -0.385 e. The standard InChI is InChI=1S/C15H27N3/c1-4-8-16-12-15-10-14(7-9-17-15)18-11-13(5-2)6-3/h7,9-10,13,16H,4-6,8,11-12H2,1-3H3,(H,17,18). The van der Waals surface area contributed by atoms with E-state index in [-0.39, 0.29) is 0 Å². The first-order valence-electron chi connectivity index (χ1n) is 7.19. The second-order valence-corrected chi connectivity index (χ2v) is 4.78. The van der Waals surface area contributed by atoms with E-state index in [2.05, 4.69) is 42.5 Å². The fraction of sp³-hybridized carbons (Fsp3) is 0.667. The zero-order valence-corrected chi connectivity index (χ0v) is 12.0. The number of nitrogens with one attached hydrogen (secondary N) is 2. The molecule has 2 N–H and O–H groups in total. The molecule has 0 saturated carbocycles. The van der Waals surface area contributed by atoms with Gasteiger partial charge in [-0.2, -0.15) is 0 Å². The summed E-state index contributed by atoms with van der Waals surface area (Å²) in [6.45, 7) is 9.64. The molecule has 0 unspecified atom stereocenters. The number of anilines is 1. The highest BCUT2D eigenvalue weighted by atomic mass is 14.9. The third-order valence-electron chi connectivity index (χ3n) is 3.30. The molecule has 0 aliphatic carbocycles. The van der Waals surface area contributed by atoms with Crippen LogP contribution in [0.2, 0.25) is 0 Å². The first-order valence-corrected chi connectivity index (χ1v) is 7.19. The maximum absolute atomic E-state index is 4.38. The number of hydrogen-bond donors (Lipinski definition) is 2. The van der Waals surface area contributed by atoms with Crippen LogP contribution >= 0.6 is 0 Å². The molecule has 0 aromatic carbocycles. The van der Waals surface area contributed by atoms with E-state index in [9.17, 15) is 0 Å². The molecule has 0 radical (unpaired) electrons. The first kappa shape index (κ1) is 15.0. The zero-order valence-electron chi connectivity index (χ0n) is 12.0. The number of hydrogen-bond acceptors (Lipinski definition) is 3. The Morgan fingerprint density at radius 2 is 2.00 bits per heavy atom. The Bertz CT molecular complexity index is 321. The minimum atomic E-state index is 0.764. The Labute approximate surface area is 111 Å². The average molecular weight is 249 g/mol. The average Bonchev–Trinajstić information content (AvgIpc) is 2.41. The lowest BCUT2D eigenvalue weighted by atomic mass is 10.0. The maximum atomic E-state index is 4.38. The van der Waals surface area contributed by atoms with Crippen molar-refractivity contribution in [3.05, 3.63) is 24.0 Å². The summed E-state index contributed by atoms with van der Waals surface area (Å²) >= 11 is 0. The van der Waals surface area contributed by atoms with Crippen LogP contribution < -0.4 is 10.6 Å². The van der Waals surface area contributed by atoms with Crippen LogP contribution in [0.4, 0.5) is 5.69 Å². The van der Waals surface area contributed by atoms with Gasteiger partial charge in [-0.05, 0) is 31.0 Å². The molecule has 3 nitrogen and oxygen atoms in total. The summed E-state index contributed by atoms with van der Waals surface area (Å²) in [5.41, 5.74) is 2.29. The molecular formula is C15H27N3. The van der Waals surface area contributed by atoms with Crippen LogP contribution in [0.3, 0.4) is 0 Å². The zero-order chi connectivity index (χ0) is 13.2. The predicted molar refractivity (Wildman–Crippen MR) is 78.8 cm³/mol. The fourth-order valence-corrected chi connectivity index (χ4v) is 1.92. The molecule has 0 bridgehead atoms.